The van der Waals surface area contributed by atoms with Crippen molar-refractivity contribution in [3.63, 3.8) is 0 Å². The van der Waals surface area contributed by atoms with Gasteiger partial charge in [-0.15, -0.1) is 0 Å². The first kappa shape index (κ1) is 12.3. The summed E-state index contributed by atoms with van der Waals surface area (Å²) in [5.41, 5.74) is 7.03. The second-order valence-electron chi connectivity index (χ2n) is 4.69. The van der Waals surface area contributed by atoms with Crippen LogP contribution in [0.2, 0.25) is 0 Å². The molecule has 1 unspecified atom stereocenters. The summed E-state index contributed by atoms with van der Waals surface area (Å²) >= 11 is 0. The molecule has 17 heavy (non-hydrogen) atoms. The molecule has 2 rings (SSSR count). The van der Waals surface area contributed by atoms with E-state index in [0.717, 1.165) is 37.4 Å². The van der Waals surface area contributed by atoms with Gasteiger partial charge >= 0.3 is 0 Å². The van der Waals surface area contributed by atoms with Crippen LogP contribution in [0.5, 0.6) is 0 Å². The van der Waals surface area contributed by atoms with E-state index in [-0.39, 0.29) is 6.04 Å². The lowest BCUT2D eigenvalue weighted by Gasteiger charge is -2.32. The van der Waals surface area contributed by atoms with E-state index >= 15 is 0 Å². The van der Waals surface area contributed by atoms with E-state index in [9.17, 15) is 0 Å². The highest BCUT2D eigenvalue weighted by Crippen LogP contribution is 2.21. The smallest absolute Gasteiger partial charge is 0.128 e. The number of hydrogen-bond acceptors (Lipinski definition) is 4. The zero-order valence-corrected chi connectivity index (χ0v) is 10.6. The molecule has 94 valence electrons. The summed E-state index contributed by atoms with van der Waals surface area (Å²) in [4.78, 5) is 6.67. The van der Waals surface area contributed by atoms with Crippen LogP contribution < -0.4 is 10.6 Å². The average molecular weight is 235 g/mol. The van der Waals surface area contributed by atoms with E-state index in [1.165, 1.54) is 0 Å². The van der Waals surface area contributed by atoms with Crippen LogP contribution in [-0.4, -0.2) is 31.3 Å². The first-order valence-electron chi connectivity index (χ1n) is 6.20. The Balaban J connectivity index is 2.12. The van der Waals surface area contributed by atoms with Crippen molar-refractivity contribution in [1.82, 2.24) is 4.98 Å². The Morgan fingerprint density at radius 2 is 2.18 bits per heavy atom. The molecule has 0 saturated carbocycles. The zero-order chi connectivity index (χ0) is 12.3. The molecule has 0 spiro atoms. The molecule has 1 fully saturated rings. The second-order valence-corrected chi connectivity index (χ2v) is 4.69. The SMILES string of the molecule is CC(N)c1ccnc(N(C)C2CCOCC2)c1. The van der Waals surface area contributed by atoms with Crippen LogP contribution in [0.15, 0.2) is 18.3 Å². The highest BCUT2D eigenvalue weighted by Gasteiger charge is 2.19. The van der Waals surface area contributed by atoms with Gasteiger partial charge in [0.2, 0.25) is 0 Å². The highest BCUT2D eigenvalue weighted by molar-refractivity contribution is 5.42. The maximum absolute atomic E-state index is 5.89. The number of anilines is 1. The summed E-state index contributed by atoms with van der Waals surface area (Å²) < 4.78 is 5.38. The summed E-state index contributed by atoms with van der Waals surface area (Å²) in [6.45, 7) is 3.69. The van der Waals surface area contributed by atoms with E-state index in [2.05, 4.69) is 23.0 Å². The third-order valence-electron chi connectivity index (χ3n) is 3.40. The Kier molecular flexibility index (Phi) is 3.97. The topological polar surface area (TPSA) is 51.4 Å². The number of nitrogens with two attached hydrogens (primary N) is 1. The Bertz CT molecular complexity index is 361. The van der Waals surface area contributed by atoms with Gasteiger partial charge in [0.25, 0.3) is 0 Å². The summed E-state index contributed by atoms with van der Waals surface area (Å²) in [5.74, 6) is 1.01. The van der Waals surface area contributed by atoms with Crippen LogP contribution in [0.4, 0.5) is 5.82 Å². The van der Waals surface area contributed by atoms with Crippen molar-refractivity contribution in [2.45, 2.75) is 31.8 Å². The second kappa shape index (κ2) is 5.47. The molecule has 1 atom stereocenters. The molecular weight excluding hydrogens is 214 g/mol. The minimum Gasteiger partial charge on any atom is -0.381 e. The number of rotatable bonds is 3. The molecule has 1 aliphatic heterocycles. The summed E-state index contributed by atoms with van der Waals surface area (Å²) in [7, 11) is 2.10. The number of ether oxygens (including phenoxy) is 1. The predicted molar refractivity (Wildman–Crippen MR) is 69.1 cm³/mol. The maximum atomic E-state index is 5.89. The first-order valence-corrected chi connectivity index (χ1v) is 6.20. The third-order valence-corrected chi connectivity index (χ3v) is 3.40. The minimum absolute atomic E-state index is 0.0554. The molecule has 1 aromatic heterocycles. The van der Waals surface area contributed by atoms with Crippen molar-refractivity contribution in [1.29, 1.82) is 0 Å². The van der Waals surface area contributed by atoms with Crippen molar-refractivity contribution >= 4 is 5.82 Å². The Labute approximate surface area is 103 Å². The third kappa shape index (κ3) is 2.96. The molecule has 1 aliphatic rings. The monoisotopic (exact) mass is 235 g/mol. The Morgan fingerprint density at radius 3 is 2.82 bits per heavy atom. The molecule has 4 heteroatoms. The molecule has 0 bridgehead atoms. The molecular formula is C13H21N3O. The van der Waals surface area contributed by atoms with Gasteiger partial charge in [-0.3, -0.25) is 0 Å². The minimum atomic E-state index is 0.0554. The van der Waals surface area contributed by atoms with Gasteiger partial charge in [0.05, 0.1) is 0 Å². The molecule has 1 saturated heterocycles. The fourth-order valence-electron chi connectivity index (χ4n) is 2.17. The van der Waals surface area contributed by atoms with Crippen molar-refractivity contribution < 1.29 is 4.74 Å². The normalized spacial score (nSPS) is 19.0. The molecule has 0 aromatic carbocycles. The van der Waals surface area contributed by atoms with Crippen LogP contribution >= 0.6 is 0 Å². The van der Waals surface area contributed by atoms with Gasteiger partial charge in [-0.05, 0) is 37.5 Å². The van der Waals surface area contributed by atoms with Gasteiger partial charge in [0.1, 0.15) is 5.82 Å². The van der Waals surface area contributed by atoms with E-state index in [0.29, 0.717) is 6.04 Å². The van der Waals surface area contributed by atoms with Crippen molar-refractivity contribution in [2.75, 3.05) is 25.2 Å². The van der Waals surface area contributed by atoms with Crippen LogP contribution in [0.1, 0.15) is 31.4 Å². The van der Waals surface area contributed by atoms with Gasteiger partial charge in [0, 0.05) is 38.5 Å². The predicted octanol–water partition coefficient (Wildman–Crippen LogP) is 1.72. The largest absolute Gasteiger partial charge is 0.381 e. The van der Waals surface area contributed by atoms with Crippen molar-refractivity contribution in [3.05, 3.63) is 23.9 Å². The van der Waals surface area contributed by atoms with Gasteiger partial charge in [-0.2, -0.15) is 0 Å². The fourth-order valence-corrected chi connectivity index (χ4v) is 2.17. The summed E-state index contributed by atoms with van der Waals surface area (Å²) in [5, 5.41) is 0. The standard InChI is InChI=1S/C13H21N3O/c1-10(14)11-3-6-15-13(9-11)16(2)12-4-7-17-8-5-12/h3,6,9-10,12H,4-5,7-8,14H2,1-2H3. The molecule has 0 aliphatic carbocycles. The number of pyridine rings is 1. The van der Waals surface area contributed by atoms with Gasteiger partial charge < -0.3 is 15.4 Å². The Morgan fingerprint density at radius 1 is 1.47 bits per heavy atom. The molecule has 1 aromatic rings. The van der Waals surface area contributed by atoms with Gasteiger partial charge in [-0.25, -0.2) is 4.98 Å². The van der Waals surface area contributed by atoms with Gasteiger partial charge in [-0.1, -0.05) is 0 Å². The van der Waals surface area contributed by atoms with E-state index in [1.807, 2.05) is 19.2 Å². The number of nitrogens with zero attached hydrogens (tertiary/aromatic N) is 2. The average Bonchev–Trinajstić information content (AvgIpc) is 2.39. The van der Waals surface area contributed by atoms with Crippen LogP contribution in [0.3, 0.4) is 0 Å². The van der Waals surface area contributed by atoms with Crippen LogP contribution in [0.25, 0.3) is 0 Å². The maximum Gasteiger partial charge on any atom is 0.128 e. The lowest BCUT2D eigenvalue weighted by Crippen LogP contribution is -2.37. The van der Waals surface area contributed by atoms with E-state index in [1.54, 1.807) is 0 Å². The van der Waals surface area contributed by atoms with Crippen molar-refractivity contribution in [2.24, 2.45) is 5.73 Å². The molecule has 4 nitrogen and oxygen atoms in total. The number of aromatic nitrogens is 1. The van der Waals surface area contributed by atoms with E-state index < -0.39 is 0 Å². The Hall–Kier alpha value is -1.13. The van der Waals surface area contributed by atoms with Crippen molar-refractivity contribution in [3.8, 4) is 0 Å². The zero-order valence-electron chi connectivity index (χ0n) is 10.6. The molecule has 2 N–H and O–H groups in total. The van der Waals surface area contributed by atoms with Crippen LogP contribution in [-0.2, 0) is 4.74 Å². The summed E-state index contributed by atoms with van der Waals surface area (Å²) in [6.07, 6.45) is 3.98. The fraction of sp³-hybridized carbons (Fsp3) is 0.615. The van der Waals surface area contributed by atoms with Crippen LogP contribution in [0, 0.1) is 0 Å². The highest BCUT2D eigenvalue weighted by atomic mass is 16.5. The lowest BCUT2D eigenvalue weighted by atomic mass is 10.1. The lowest BCUT2D eigenvalue weighted by molar-refractivity contribution is 0.0853. The van der Waals surface area contributed by atoms with Gasteiger partial charge in [0.15, 0.2) is 0 Å². The molecule has 0 radical (unpaired) electrons. The molecule has 0 amide bonds. The number of hydrogen-bond donors (Lipinski definition) is 1. The molecule has 2 heterocycles. The first-order chi connectivity index (χ1) is 8.18. The summed E-state index contributed by atoms with van der Waals surface area (Å²) in [6, 6.07) is 4.64. The quantitative estimate of drug-likeness (QED) is 0.866. The van der Waals surface area contributed by atoms with E-state index in [4.69, 9.17) is 10.5 Å².